The van der Waals surface area contributed by atoms with Crippen LogP contribution in [0.4, 0.5) is 24.8 Å². The van der Waals surface area contributed by atoms with E-state index in [1.165, 1.54) is 34.8 Å². The zero-order chi connectivity index (χ0) is 23.1. The van der Waals surface area contributed by atoms with Crippen molar-refractivity contribution in [1.82, 2.24) is 14.6 Å². The Morgan fingerprint density at radius 2 is 1.82 bits per heavy atom. The Kier molecular flexibility index (Phi) is 5.24. The number of nitrogen functional groups attached to an aromatic ring is 1. The van der Waals surface area contributed by atoms with Crippen molar-refractivity contribution in [2.75, 3.05) is 17.2 Å². The molecule has 33 heavy (non-hydrogen) atoms. The molecule has 1 fully saturated rings. The number of carbonyl (C=O) groups excluding carboxylic acids is 1. The second-order valence-corrected chi connectivity index (χ2v) is 8.06. The number of benzene rings is 2. The molecule has 0 aliphatic carbocycles. The normalized spacial score (nSPS) is 16.0. The molecule has 2 N–H and O–H groups in total. The minimum absolute atomic E-state index is 0.0125. The van der Waals surface area contributed by atoms with Crippen molar-refractivity contribution < 1.29 is 18.0 Å². The highest BCUT2D eigenvalue weighted by Crippen LogP contribution is 2.37. The van der Waals surface area contributed by atoms with Crippen LogP contribution in [0.25, 0.3) is 5.65 Å². The van der Waals surface area contributed by atoms with Crippen LogP contribution >= 0.6 is 0 Å². The van der Waals surface area contributed by atoms with Crippen LogP contribution in [0.3, 0.4) is 0 Å². The number of nitrogens with two attached hydrogens (primary N) is 1. The standard InChI is InChI=1S/C24H20F3N5O/c25-15-5-3-14(4-6-15)12-20(33)22-23(28)30-32-11-9-21(29-24(22)32)31-10-1-2-19(31)17-13-16(26)7-8-18(17)27/h3-9,11,13,19H,1-2,10,12H2,(H2,28,30)/t19-/m1/s1. The Morgan fingerprint density at radius 1 is 1.06 bits per heavy atom. The third-order valence-corrected chi connectivity index (χ3v) is 5.92. The summed E-state index contributed by atoms with van der Waals surface area (Å²) >= 11 is 0. The first-order chi connectivity index (χ1) is 15.9. The van der Waals surface area contributed by atoms with Gasteiger partial charge in [-0.2, -0.15) is 0 Å². The Balaban J connectivity index is 1.51. The summed E-state index contributed by atoms with van der Waals surface area (Å²) in [6, 6.07) is 10.4. The lowest BCUT2D eigenvalue weighted by molar-refractivity contribution is 0.0995. The summed E-state index contributed by atoms with van der Waals surface area (Å²) in [4.78, 5) is 19.6. The van der Waals surface area contributed by atoms with Crippen LogP contribution in [0.5, 0.6) is 0 Å². The van der Waals surface area contributed by atoms with E-state index in [1.807, 2.05) is 4.90 Å². The first-order valence-electron chi connectivity index (χ1n) is 10.5. The fourth-order valence-corrected chi connectivity index (χ4v) is 4.37. The number of hydrogen-bond acceptors (Lipinski definition) is 5. The average molecular weight is 451 g/mol. The van der Waals surface area contributed by atoms with Crippen molar-refractivity contribution in [2.24, 2.45) is 0 Å². The fraction of sp³-hybridized carbons (Fsp3) is 0.208. The summed E-state index contributed by atoms with van der Waals surface area (Å²) < 4.78 is 42.9. The molecule has 6 nitrogen and oxygen atoms in total. The van der Waals surface area contributed by atoms with E-state index in [1.54, 1.807) is 12.3 Å². The van der Waals surface area contributed by atoms with E-state index >= 15 is 0 Å². The average Bonchev–Trinajstić information content (AvgIpc) is 3.40. The predicted octanol–water partition coefficient (Wildman–Crippen LogP) is 4.50. The number of hydrogen-bond donors (Lipinski definition) is 1. The largest absolute Gasteiger partial charge is 0.382 e. The molecule has 2 aromatic carbocycles. The fourth-order valence-electron chi connectivity index (χ4n) is 4.37. The molecule has 0 radical (unpaired) electrons. The molecule has 0 spiro atoms. The number of rotatable bonds is 5. The highest BCUT2D eigenvalue weighted by molar-refractivity contribution is 6.06. The monoisotopic (exact) mass is 451 g/mol. The number of Topliss-reactive ketones (excluding diaryl/α,β-unsaturated/α-hetero) is 1. The van der Waals surface area contributed by atoms with Gasteiger partial charge < -0.3 is 10.6 Å². The van der Waals surface area contributed by atoms with Crippen LogP contribution in [0, 0.1) is 17.5 Å². The third-order valence-electron chi connectivity index (χ3n) is 5.92. The molecule has 5 rings (SSSR count). The molecule has 3 heterocycles. The molecular weight excluding hydrogens is 431 g/mol. The molecule has 1 aliphatic rings. The van der Waals surface area contributed by atoms with Gasteiger partial charge in [0.25, 0.3) is 0 Å². The molecule has 0 amide bonds. The van der Waals surface area contributed by atoms with Crippen LogP contribution in [-0.2, 0) is 6.42 Å². The Morgan fingerprint density at radius 3 is 2.61 bits per heavy atom. The molecule has 0 saturated carbocycles. The van der Waals surface area contributed by atoms with Gasteiger partial charge in [0, 0.05) is 24.7 Å². The molecule has 1 aliphatic heterocycles. The van der Waals surface area contributed by atoms with E-state index in [0.717, 1.165) is 18.6 Å². The van der Waals surface area contributed by atoms with Crippen molar-refractivity contribution in [1.29, 1.82) is 0 Å². The van der Waals surface area contributed by atoms with E-state index in [2.05, 4.69) is 10.1 Å². The van der Waals surface area contributed by atoms with Crippen molar-refractivity contribution in [3.8, 4) is 0 Å². The van der Waals surface area contributed by atoms with E-state index < -0.39 is 11.6 Å². The molecule has 9 heteroatoms. The summed E-state index contributed by atoms with van der Waals surface area (Å²) in [6.45, 7) is 0.603. The highest BCUT2D eigenvalue weighted by Gasteiger charge is 2.30. The molecule has 1 atom stereocenters. The van der Waals surface area contributed by atoms with Gasteiger partial charge in [0.05, 0.1) is 6.04 Å². The number of aromatic nitrogens is 3. The first kappa shape index (κ1) is 21.0. The van der Waals surface area contributed by atoms with Gasteiger partial charge >= 0.3 is 0 Å². The van der Waals surface area contributed by atoms with Crippen LogP contribution in [0.1, 0.15) is 40.4 Å². The van der Waals surface area contributed by atoms with Gasteiger partial charge in [-0.15, -0.1) is 5.10 Å². The molecule has 168 valence electrons. The maximum atomic E-state index is 14.5. The van der Waals surface area contributed by atoms with Crippen molar-refractivity contribution in [3.63, 3.8) is 0 Å². The van der Waals surface area contributed by atoms with Crippen LogP contribution in [0.2, 0.25) is 0 Å². The third kappa shape index (κ3) is 3.90. The molecule has 0 bridgehead atoms. The number of ketones is 1. The highest BCUT2D eigenvalue weighted by atomic mass is 19.1. The minimum Gasteiger partial charge on any atom is -0.382 e. The quantitative estimate of drug-likeness (QED) is 0.453. The minimum atomic E-state index is -0.501. The van der Waals surface area contributed by atoms with E-state index in [0.29, 0.717) is 24.3 Å². The summed E-state index contributed by atoms with van der Waals surface area (Å²) in [5.74, 6) is -1.10. The van der Waals surface area contributed by atoms with Crippen molar-refractivity contribution >= 4 is 23.1 Å². The van der Waals surface area contributed by atoms with Gasteiger partial charge in [-0.05, 0) is 54.8 Å². The lowest BCUT2D eigenvalue weighted by Gasteiger charge is -2.26. The second kappa shape index (κ2) is 8.23. The first-order valence-corrected chi connectivity index (χ1v) is 10.5. The summed E-state index contributed by atoms with van der Waals surface area (Å²) in [6.07, 6.45) is 3.08. The van der Waals surface area contributed by atoms with Gasteiger partial charge in [0.15, 0.2) is 17.2 Å². The van der Waals surface area contributed by atoms with Crippen molar-refractivity contribution in [2.45, 2.75) is 25.3 Å². The van der Waals surface area contributed by atoms with Gasteiger partial charge in [0.1, 0.15) is 28.8 Å². The smallest absolute Gasteiger partial charge is 0.174 e. The maximum Gasteiger partial charge on any atom is 0.174 e. The number of anilines is 2. The Labute approximate surface area is 187 Å². The van der Waals surface area contributed by atoms with E-state index in [9.17, 15) is 18.0 Å². The number of nitrogens with zero attached hydrogens (tertiary/aromatic N) is 4. The van der Waals surface area contributed by atoms with Crippen LogP contribution in [0.15, 0.2) is 54.7 Å². The van der Waals surface area contributed by atoms with E-state index in [-0.39, 0.29) is 46.7 Å². The Bertz CT molecular complexity index is 1350. The van der Waals surface area contributed by atoms with Crippen LogP contribution < -0.4 is 10.6 Å². The Hall–Kier alpha value is -3.88. The number of halogens is 3. The zero-order valence-corrected chi connectivity index (χ0v) is 17.5. The number of fused-ring (bicyclic) bond motifs is 1. The lowest BCUT2D eigenvalue weighted by atomic mass is 10.0. The number of carbonyl (C=O) groups is 1. The molecule has 4 aromatic rings. The van der Waals surface area contributed by atoms with Gasteiger partial charge in [-0.1, -0.05) is 12.1 Å². The van der Waals surface area contributed by atoms with E-state index in [4.69, 9.17) is 5.73 Å². The lowest BCUT2D eigenvalue weighted by Crippen LogP contribution is -2.24. The predicted molar refractivity (Wildman–Crippen MR) is 118 cm³/mol. The van der Waals surface area contributed by atoms with Gasteiger partial charge in [-0.3, -0.25) is 4.79 Å². The molecular formula is C24H20F3N5O. The SMILES string of the molecule is Nc1nn2ccc(N3CCC[C@@H]3c3cc(F)ccc3F)nc2c1C(=O)Cc1ccc(F)cc1. The van der Waals surface area contributed by atoms with Gasteiger partial charge in [-0.25, -0.2) is 22.7 Å². The molecule has 2 aromatic heterocycles. The zero-order valence-electron chi connectivity index (χ0n) is 17.5. The van der Waals surface area contributed by atoms with Gasteiger partial charge in [0.2, 0.25) is 0 Å². The summed E-state index contributed by atoms with van der Waals surface area (Å²) in [5, 5.41) is 4.18. The molecule has 1 saturated heterocycles. The molecule has 0 unspecified atom stereocenters. The maximum absolute atomic E-state index is 14.5. The second-order valence-electron chi connectivity index (χ2n) is 8.06. The summed E-state index contributed by atoms with van der Waals surface area (Å²) in [7, 11) is 0. The van der Waals surface area contributed by atoms with Crippen LogP contribution in [-0.4, -0.2) is 26.9 Å². The van der Waals surface area contributed by atoms with Crippen molar-refractivity contribution in [3.05, 3.63) is 88.9 Å². The topological polar surface area (TPSA) is 76.5 Å². The summed E-state index contributed by atoms with van der Waals surface area (Å²) in [5.41, 5.74) is 7.40.